The molecule has 3 nitrogen and oxygen atoms in total. The van der Waals surface area contributed by atoms with Crippen LogP contribution < -0.4 is 4.84 Å². The highest BCUT2D eigenvalue weighted by atomic mass is 32.1. The number of hydrogen-bond donors (Lipinski definition) is 0. The van der Waals surface area contributed by atoms with Gasteiger partial charge in [-0.2, -0.15) is 4.73 Å². The fraction of sp³-hybridized carbons (Fsp3) is 0.538. The molecule has 0 fully saturated rings. The maximum absolute atomic E-state index is 12.0. The van der Waals surface area contributed by atoms with Crippen molar-refractivity contribution >= 4 is 18.2 Å². The van der Waals surface area contributed by atoms with Crippen molar-refractivity contribution in [2.75, 3.05) is 0 Å². The summed E-state index contributed by atoms with van der Waals surface area (Å²) in [5.41, 5.74) is 0. The van der Waals surface area contributed by atoms with Crippen LogP contribution in [0.3, 0.4) is 0 Å². The second kappa shape index (κ2) is 7.22. The highest BCUT2D eigenvalue weighted by molar-refractivity contribution is 7.71. The third-order valence-corrected chi connectivity index (χ3v) is 2.90. The Bertz CT molecular complexity index is 408. The molecule has 0 spiro atoms. The molecule has 0 aliphatic heterocycles. The van der Waals surface area contributed by atoms with E-state index in [-0.39, 0.29) is 11.9 Å². The summed E-state index contributed by atoms with van der Waals surface area (Å²) in [5.74, 6) is -0.205. The summed E-state index contributed by atoms with van der Waals surface area (Å²) >= 11 is 5.07. The number of rotatable bonds is 6. The molecule has 17 heavy (non-hydrogen) atoms. The number of nitrogens with zero attached hydrogens (tertiary/aromatic N) is 1. The van der Waals surface area contributed by atoms with E-state index in [0.717, 1.165) is 25.7 Å². The van der Waals surface area contributed by atoms with Gasteiger partial charge in [-0.15, -0.1) is 0 Å². The maximum Gasteiger partial charge on any atom is 0.335 e. The second-order valence-electron chi connectivity index (χ2n) is 4.05. The van der Waals surface area contributed by atoms with Gasteiger partial charge in [0.1, 0.15) is 4.64 Å². The van der Waals surface area contributed by atoms with Gasteiger partial charge < -0.3 is 4.84 Å². The van der Waals surface area contributed by atoms with E-state index in [4.69, 9.17) is 17.1 Å². The summed E-state index contributed by atoms with van der Waals surface area (Å²) < 4.78 is 1.86. The molecular weight excluding hydrogens is 234 g/mol. The zero-order chi connectivity index (χ0) is 12.7. The molecule has 0 amide bonds. The molecule has 0 bridgehead atoms. The molecule has 0 saturated carbocycles. The lowest BCUT2D eigenvalue weighted by molar-refractivity contribution is -0.149. The first-order chi connectivity index (χ1) is 8.19. The number of pyridine rings is 1. The number of hydrogen-bond acceptors (Lipinski definition) is 3. The highest BCUT2D eigenvalue weighted by Gasteiger charge is 2.19. The van der Waals surface area contributed by atoms with Crippen molar-refractivity contribution in [2.45, 2.75) is 39.5 Å². The topological polar surface area (TPSA) is 31.2 Å². The van der Waals surface area contributed by atoms with Gasteiger partial charge in [-0.3, -0.25) is 0 Å². The predicted molar refractivity (Wildman–Crippen MR) is 70.2 cm³/mol. The first kappa shape index (κ1) is 13.9. The van der Waals surface area contributed by atoms with Crippen LogP contribution in [0.1, 0.15) is 39.5 Å². The molecule has 0 aliphatic carbocycles. The first-order valence-electron chi connectivity index (χ1n) is 6.08. The van der Waals surface area contributed by atoms with Gasteiger partial charge in [-0.05, 0) is 25.0 Å². The molecule has 0 aromatic carbocycles. The third-order valence-electron chi connectivity index (χ3n) is 2.58. The third kappa shape index (κ3) is 4.30. The Morgan fingerprint density at radius 3 is 2.53 bits per heavy atom. The summed E-state index contributed by atoms with van der Waals surface area (Å²) in [7, 11) is 0. The van der Waals surface area contributed by atoms with Gasteiger partial charge in [-0.25, -0.2) is 4.79 Å². The Morgan fingerprint density at radius 1 is 1.35 bits per heavy atom. The smallest absolute Gasteiger partial charge is 0.335 e. The lowest BCUT2D eigenvalue weighted by atomic mass is 9.99. The average Bonchev–Trinajstić information content (AvgIpc) is 2.32. The van der Waals surface area contributed by atoms with Crippen LogP contribution in [0.15, 0.2) is 24.4 Å². The monoisotopic (exact) mass is 253 g/mol. The van der Waals surface area contributed by atoms with Crippen LogP contribution in [-0.2, 0) is 4.79 Å². The van der Waals surface area contributed by atoms with Gasteiger partial charge in [0.2, 0.25) is 0 Å². The van der Waals surface area contributed by atoms with Crippen LogP contribution in [0, 0.1) is 10.6 Å². The van der Waals surface area contributed by atoms with E-state index in [1.54, 1.807) is 18.3 Å². The molecule has 0 saturated heterocycles. The molecule has 4 heteroatoms. The Morgan fingerprint density at radius 2 is 2.00 bits per heavy atom. The zero-order valence-corrected chi connectivity index (χ0v) is 11.2. The molecule has 1 aromatic heterocycles. The quantitative estimate of drug-likeness (QED) is 0.728. The minimum atomic E-state index is -0.184. The van der Waals surface area contributed by atoms with Crippen molar-refractivity contribution < 1.29 is 9.63 Å². The minimum Gasteiger partial charge on any atom is -0.335 e. The summed E-state index contributed by atoms with van der Waals surface area (Å²) in [5, 5.41) is 0. The highest BCUT2D eigenvalue weighted by Crippen LogP contribution is 2.14. The van der Waals surface area contributed by atoms with E-state index in [0.29, 0.717) is 4.64 Å². The second-order valence-corrected chi connectivity index (χ2v) is 4.47. The van der Waals surface area contributed by atoms with E-state index in [2.05, 4.69) is 13.8 Å². The molecule has 0 aliphatic rings. The maximum atomic E-state index is 12.0. The van der Waals surface area contributed by atoms with Crippen LogP contribution in [0.25, 0.3) is 0 Å². The fourth-order valence-corrected chi connectivity index (χ4v) is 1.91. The molecule has 0 N–H and O–H groups in total. The van der Waals surface area contributed by atoms with Crippen LogP contribution in [-0.4, -0.2) is 10.7 Å². The Hall–Kier alpha value is -1.16. The van der Waals surface area contributed by atoms with Crippen molar-refractivity contribution in [3.8, 4) is 0 Å². The standard InChI is InChI=1S/C13H19NO2S/c1-3-7-11(8-4-2)13(15)16-14-10-6-5-9-12(14)17/h5-6,9-11H,3-4,7-8H2,1-2H3. The van der Waals surface area contributed by atoms with E-state index < -0.39 is 0 Å². The van der Waals surface area contributed by atoms with Gasteiger partial charge in [0.05, 0.1) is 5.92 Å². The van der Waals surface area contributed by atoms with Gasteiger partial charge in [0.15, 0.2) is 0 Å². The Kier molecular flexibility index (Phi) is 5.91. The van der Waals surface area contributed by atoms with Crippen molar-refractivity contribution in [3.63, 3.8) is 0 Å². The van der Waals surface area contributed by atoms with Gasteiger partial charge in [-0.1, -0.05) is 45.0 Å². The van der Waals surface area contributed by atoms with Gasteiger partial charge in [0.25, 0.3) is 0 Å². The molecule has 0 unspecified atom stereocenters. The van der Waals surface area contributed by atoms with Crippen LogP contribution in [0.5, 0.6) is 0 Å². The lowest BCUT2D eigenvalue weighted by Gasteiger charge is -2.14. The van der Waals surface area contributed by atoms with E-state index in [9.17, 15) is 4.79 Å². The Balaban J connectivity index is 2.70. The first-order valence-corrected chi connectivity index (χ1v) is 6.49. The van der Waals surface area contributed by atoms with Crippen LogP contribution >= 0.6 is 12.2 Å². The molecular formula is C13H19NO2S. The van der Waals surface area contributed by atoms with E-state index >= 15 is 0 Å². The van der Waals surface area contributed by atoms with Crippen LogP contribution in [0.4, 0.5) is 0 Å². The largest absolute Gasteiger partial charge is 0.335 e. The van der Waals surface area contributed by atoms with Gasteiger partial charge in [0, 0.05) is 6.20 Å². The van der Waals surface area contributed by atoms with Crippen molar-refractivity contribution in [1.29, 1.82) is 0 Å². The summed E-state index contributed by atoms with van der Waals surface area (Å²) in [6.07, 6.45) is 5.37. The number of carbonyl (C=O) groups excluding carboxylic acids is 1. The summed E-state index contributed by atoms with van der Waals surface area (Å²) in [6, 6.07) is 5.34. The molecule has 0 atom stereocenters. The van der Waals surface area contributed by atoms with Crippen molar-refractivity contribution in [2.24, 2.45) is 5.92 Å². The summed E-state index contributed by atoms with van der Waals surface area (Å²) in [4.78, 5) is 17.2. The summed E-state index contributed by atoms with van der Waals surface area (Å²) in [6.45, 7) is 4.15. The van der Waals surface area contributed by atoms with E-state index in [1.165, 1.54) is 4.73 Å². The Labute approximate surface area is 107 Å². The van der Waals surface area contributed by atoms with Crippen molar-refractivity contribution in [3.05, 3.63) is 29.0 Å². The predicted octanol–water partition coefficient (Wildman–Crippen LogP) is 3.39. The zero-order valence-electron chi connectivity index (χ0n) is 10.4. The molecule has 1 rings (SSSR count). The number of carbonyl (C=O) groups is 1. The van der Waals surface area contributed by atoms with Crippen molar-refractivity contribution in [1.82, 2.24) is 4.73 Å². The fourth-order valence-electron chi connectivity index (χ4n) is 1.74. The van der Waals surface area contributed by atoms with Crippen LogP contribution in [0.2, 0.25) is 0 Å². The molecule has 1 heterocycles. The lowest BCUT2D eigenvalue weighted by Crippen LogP contribution is -2.27. The average molecular weight is 253 g/mol. The van der Waals surface area contributed by atoms with Gasteiger partial charge >= 0.3 is 5.97 Å². The molecule has 0 radical (unpaired) electrons. The minimum absolute atomic E-state index is 0.0212. The van der Waals surface area contributed by atoms with E-state index in [1.807, 2.05) is 6.07 Å². The SMILES string of the molecule is CCCC(CCC)C(=O)On1ccccc1=S. The normalized spacial score (nSPS) is 10.5. The number of aromatic nitrogens is 1. The molecule has 94 valence electrons. The molecule has 1 aromatic rings.